The van der Waals surface area contributed by atoms with Gasteiger partial charge in [-0.25, -0.2) is 0 Å². The number of hydrogen-bond acceptors (Lipinski definition) is 5. The number of rotatable bonds is 4. The predicted octanol–water partition coefficient (Wildman–Crippen LogP) is -1.51. The highest BCUT2D eigenvalue weighted by Gasteiger charge is 2.41. The van der Waals surface area contributed by atoms with Crippen LogP contribution >= 0.6 is 0 Å². The van der Waals surface area contributed by atoms with Crippen LogP contribution in [0.2, 0.25) is 0 Å². The molecule has 2 aliphatic heterocycles. The third kappa shape index (κ3) is 2.69. The Balaban J connectivity index is 2.10. The van der Waals surface area contributed by atoms with Crippen molar-refractivity contribution < 1.29 is 19.5 Å². The maximum Gasteiger partial charge on any atom is 0.245 e. The fraction of sp³-hybridized carbons (Fsp3) is 0.769. The molecule has 2 heterocycles. The summed E-state index contributed by atoms with van der Waals surface area (Å²) in [5, 5.41) is 8.97. The second-order valence-electron chi connectivity index (χ2n) is 5.26. The maximum atomic E-state index is 12.6. The van der Waals surface area contributed by atoms with Gasteiger partial charge in [0.1, 0.15) is 12.6 Å². The summed E-state index contributed by atoms with van der Waals surface area (Å²) in [6, 6.07) is -1.04. The van der Waals surface area contributed by atoms with E-state index < -0.39 is 18.7 Å². The molecule has 0 spiro atoms. The first-order valence-corrected chi connectivity index (χ1v) is 7.03. The first-order chi connectivity index (χ1) is 9.60. The molecule has 0 aromatic carbocycles. The summed E-state index contributed by atoms with van der Waals surface area (Å²) in [6.45, 7) is 0.391. The molecule has 2 rings (SSSR count). The minimum Gasteiger partial charge on any atom is -0.389 e. The lowest BCUT2D eigenvalue weighted by Gasteiger charge is -2.30. The highest BCUT2D eigenvalue weighted by Crippen LogP contribution is 2.25. The lowest BCUT2D eigenvalue weighted by molar-refractivity contribution is -0.146. The normalized spacial score (nSPS) is 26.1. The van der Waals surface area contributed by atoms with Crippen LogP contribution in [0.25, 0.3) is 0 Å². The van der Waals surface area contributed by atoms with Gasteiger partial charge in [0.05, 0.1) is 12.6 Å². The summed E-state index contributed by atoms with van der Waals surface area (Å²) in [4.78, 5) is 39.0. The third-order valence-corrected chi connectivity index (χ3v) is 4.10. The van der Waals surface area contributed by atoms with Gasteiger partial charge in [0.2, 0.25) is 11.8 Å². The summed E-state index contributed by atoms with van der Waals surface area (Å²) < 4.78 is 0. The molecule has 0 saturated carbocycles. The van der Waals surface area contributed by atoms with Crippen molar-refractivity contribution in [1.82, 2.24) is 9.80 Å². The molecule has 2 amide bonds. The number of hydrogen-bond donors (Lipinski definition) is 2. The Kier molecular flexibility index (Phi) is 4.72. The second kappa shape index (κ2) is 6.32. The van der Waals surface area contributed by atoms with Crippen molar-refractivity contribution in [1.29, 1.82) is 0 Å². The van der Waals surface area contributed by atoms with Gasteiger partial charge in [-0.05, 0) is 25.7 Å². The number of amides is 2. The number of likely N-dealkylation sites (tertiary alicyclic amines) is 2. The van der Waals surface area contributed by atoms with E-state index >= 15 is 0 Å². The molecule has 2 aliphatic rings. The van der Waals surface area contributed by atoms with Crippen molar-refractivity contribution in [3.8, 4) is 0 Å². The Hall–Kier alpha value is -1.47. The number of ketones is 1. The summed E-state index contributed by atoms with van der Waals surface area (Å²) >= 11 is 0. The van der Waals surface area contributed by atoms with Crippen molar-refractivity contribution in [2.24, 2.45) is 5.73 Å². The SMILES string of the molecule is NCC(=O)N1CCC[C@H]1C(=O)N1CCC[C@H]1C(=O)CO. The van der Waals surface area contributed by atoms with Crippen molar-refractivity contribution in [2.75, 3.05) is 26.2 Å². The molecule has 0 aromatic rings. The molecule has 0 aromatic heterocycles. The number of aliphatic hydroxyl groups excluding tert-OH is 1. The van der Waals surface area contributed by atoms with Crippen molar-refractivity contribution >= 4 is 17.6 Å². The largest absolute Gasteiger partial charge is 0.389 e. The third-order valence-electron chi connectivity index (χ3n) is 4.10. The molecule has 7 nitrogen and oxygen atoms in total. The van der Waals surface area contributed by atoms with Crippen molar-refractivity contribution in [2.45, 2.75) is 37.8 Å². The van der Waals surface area contributed by atoms with Crippen molar-refractivity contribution in [3.05, 3.63) is 0 Å². The lowest BCUT2D eigenvalue weighted by Crippen LogP contribution is -2.52. The summed E-state index contributed by atoms with van der Waals surface area (Å²) in [6.07, 6.45) is 2.72. The Bertz CT molecular complexity index is 376. The monoisotopic (exact) mass is 283 g/mol. The Morgan fingerprint density at radius 3 is 2.25 bits per heavy atom. The van der Waals surface area contributed by atoms with E-state index in [0.29, 0.717) is 25.9 Å². The maximum absolute atomic E-state index is 12.6. The van der Waals surface area contributed by atoms with Crippen LogP contribution in [0.1, 0.15) is 25.7 Å². The first kappa shape index (κ1) is 14.9. The van der Waals surface area contributed by atoms with Gasteiger partial charge < -0.3 is 20.6 Å². The topological polar surface area (TPSA) is 104 Å². The second-order valence-corrected chi connectivity index (χ2v) is 5.26. The molecule has 0 aliphatic carbocycles. The van der Waals surface area contributed by atoms with Gasteiger partial charge in [-0.15, -0.1) is 0 Å². The van der Waals surface area contributed by atoms with Gasteiger partial charge >= 0.3 is 0 Å². The van der Waals surface area contributed by atoms with E-state index in [4.69, 9.17) is 10.8 Å². The van der Waals surface area contributed by atoms with Crippen LogP contribution in [0.5, 0.6) is 0 Å². The van der Waals surface area contributed by atoms with Crippen LogP contribution in [-0.4, -0.2) is 70.8 Å². The fourth-order valence-electron chi connectivity index (χ4n) is 3.10. The van der Waals surface area contributed by atoms with Gasteiger partial charge in [-0.2, -0.15) is 0 Å². The highest BCUT2D eigenvalue weighted by molar-refractivity contribution is 5.94. The zero-order chi connectivity index (χ0) is 14.7. The molecule has 20 heavy (non-hydrogen) atoms. The van der Waals surface area contributed by atoms with Gasteiger partial charge in [0, 0.05) is 13.1 Å². The quantitative estimate of drug-likeness (QED) is 0.652. The number of aliphatic hydroxyl groups is 1. The van der Waals surface area contributed by atoms with Gasteiger partial charge in [0.25, 0.3) is 0 Å². The average Bonchev–Trinajstić information content (AvgIpc) is 3.13. The summed E-state index contributed by atoms with van der Waals surface area (Å²) in [7, 11) is 0. The number of nitrogens with two attached hydrogens (primary N) is 1. The molecular weight excluding hydrogens is 262 g/mol. The first-order valence-electron chi connectivity index (χ1n) is 7.03. The lowest BCUT2D eigenvalue weighted by atomic mass is 10.1. The Morgan fingerprint density at radius 1 is 1.05 bits per heavy atom. The van der Waals surface area contributed by atoms with E-state index in [2.05, 4.69) is 0 Å². The highest BCUT2D eigenvalue weighted by atomic mass is 16.3. The van der Waals surface area contributed by atoms with Crippen LogP contribution in [-0.2, 0) is 14.4 Å². The Labute approximate surface area is 117 Å². The van der Waals surface area contributed by atoms with E-state index in [9.17, 15) is 14.4 Å². The van der Waals surface area contributed by atoms with Crippen LogP contribution in [0.3, 0.4) is 0 Å². The van der Waals surface area contributed by atoms with E-state index in [1.807, 2.05) is 0 Å². The van der Waals surface area contributed by atoms with E-state index in [-0.39, 0.29) is 24.1 Å². The standard InChI is InChI=1S/C13H21N3O4/c14-7-12(19)15-5-2-4-10(15)13(20)16-6-1-3-9(16)11(18)8-17/h9-10,17H,1-8,14H2/t9-,10-/m0/s1. The van der Waals surface area contributed by atoms with Crippen molar-refractivity contribution in [3.63, 3.8) is 0 Å². The molecule has 2 saturated heterocycles. The zero-order valence-corrected chi connectivity index (χ0v) is 11.5. The molecular formula is C13H21N3O4. The number of Topliss-reactive ketones (excluding diaryl/α,β-unsaturated/α-hetero) is 1. The molecule has 2 fully saturated rings. The molecule has 7 heteroatoms. The van der Waals surface area contributed by atoms with Crippen LogP contribution in [0.15, 0.2) is 0 Å². The van der Waals surface area contributed by atoms with E-state index in [1.54, 1.807) is 0 Å². The van der Waals surface area contributed by atoms with E-state index in [1.165, 1.54) is 9.80 Å². The molecule has 2 atom stereocenters. The summed E-state index contributed by atoms with van der Waals surface area (Å²) in [5.74, 6) is -0.746. The molecule has 3 N–H and O–H groups in total. The number of carbonyl (C=O) groups excluding carboxylic acids is 3. The smallest absolute Gasteiger partial charge is 0.245 e. The van der Waals surface area contributed by atoms with Crippen LogP contribution in [0, 0.1) is 0 Å². The van der Waals surface area contributed by atoms with Crippen LogP contribution < -0.4 is 5.73 Å². The fourth-order valence-corrected chi connectivity index (χ4v) is 3.10. The minimum atomic E-state index is -0.551. The average molecular weight is 283 g/mol. The molecule has 0 unspecified atom stereocenters. The van der Waals surface area contributed by atoms with Gasteiger partial charge in [0.15, 0.2) is 5.78 Å². The summed E-state index contributed by atoms with van der Waals surface area (Å²) in [5.41, 5.74) is 5.36. The van der Waals surface area contributed by atoms with Gasteiger partial charge in [-0.3, -0.25) is 14.4 Å². The Morgan fingerprint density at radius 2 is 1.65 bits per heavy atom. The molecule has 0 radical (unpaired) electrons. The van der Waals surface area contributed by atoms with Gasteiger partial charge in [-0.1, -0.05) is 0 Å². The number of nitrogens with zero attached hydrogens (tertiary/aromatic N) is 2. The van der Waals surface area contributed by atoms with E-state index in [0.717, 1.165) is 12.8 Å². The predicted molar refractivity (Wildman–Crippen MR) is 70.6 cm³/mol. The molecule has 112 valence electrons. The minimum absolute atomic E-state index is 0.108. The zero-order valence-electron chi connectivity index (χ0n) is 11.5. The molecule has 0 bridgehead atoms. The number of carbonyl (C=O) groups is 3. The van der Waals surface area contributed by atoms with Crippen LogP contribution in [0.4, 0.5) is 0 Å².